The number of carbonyl (C=O) groups excluding carboxylic acids is 2. The maximum absolute atomic E-state index is 12.5. The minimum absolute atomic E-state index is 0.189. The molecule has 10 nitrogen and oxygen atoms in total. The van der Waals surface area contributed by atoms with Gasteiger partial charge >= 0.3 is 19.8 Å². The lowest BCUT2D eigenvalue weighted by Gasteiger charge is -2.20. The Labute approximate surface area is 286 Å². The fourth-order valence-electron chi connectivity index (χ4n) is 5.19. The maximum atomic E-state index is 12.5. The topological polar surface area (TPSA) is 149 Å². The first kappa shape index (κ1) is 46.0. The smallest absolute Gasteiger partial charge is 0.462 e. The minimum atomic E-state index is -4.60. The summed E-state index contributed by atoms with van der Waals surface area (Å²) in [5.41, 5.74) is 0. The number of unbranched alkanes of at least 4 members (excludes halogenated alkanes) is 16. The molecule has 0 heterocycles. The molecule has 0 saturated carbocycles. The van der Waals surface area contributed by atoms with Crippen molar-refractivity contribution < 1.29 is 47.8 Å². The Morgan fingerprint density at radius 2 is 0.957 bits per heavy atom. The van der Waals surface area contributed by atoms with Crippen LogP contribution in [0.25, 0.3) is 0 Å². The van der Waals surface area contributed by atoms with Gasteiger partial charge in [0.05, 0.1) is 19.8 Å². The molecule has 0 aliphatic rings. The highest BCUT2D eigenvalue weighted by Crippen LogP contribution is 2.43. The van der Waals surface area contributed by atoms with E-state index >= 15 is 0 Å². The highest BCUT2D eigenvalue weighted by atomic mass is 31.2. The zero-order valence-electron chi connectivity index (χ0n) is 30.3. The number of hydrogen-bond acceptors (Lipinski definition) is 9. The molecule has 0 radical (unpaired) electrons. The molecular formula is C36H71O10P. The van der Waals surface area contributed by atoms with E-state index < -0.39 is 51.8 Å². The third kappa shape index (κ3) is 33.3. The number of hydrogen-bond donors (Lipinski definition) is 3. The Bertz CT molecular complexity index is 792. The monoisotopic (exact) mass is 694 g/mol. The fourth-order valence-corrected chi connectivity index (χ4v) is 5.97. The van der Waals surface area contributed by atoms with E-state index in [0.29, 0.717) is 12.8 Å². The van der Waals surface area contributed by atoms with Gasteiger partial charge in [0, 0.05) is 12.8 Å². The second-order valence-electron chi connectivity index (χ2n) is 13.9. The first-order valence-electron chi connectivity index (χ1n) is 18.7. The van der Waals surface area contributed by atoms with Gasteiger partial charge in [-0.05, 0) is 24.7 Å². The van der Waals surface area contributed by atoms with Crippen LogP contribution >= 0.6 is 7.82 Å². The van der Waals surface area contributed by atoms with Crippen molar-refractivity contribution in [1.29, 1.82) is 0 Å². The van der Waals surface area contributed by atoms with E-state index in [9.17, 15) is 24.2 Å². The van der Waals surface area contributed by atoms with Gasteiger partial charge in [-0.2, -0.15) is 0 Å². The summed E-state index contributed by atoms with van der Waals surface area (Å²) in [6.07, 6.45) is 21.0. The number of aliphatic hydroxyl groups is 2. The second-order valence-corrected chi connectivity index (χ2v) is 15.4. The van der Waals surface area contributed by atoms with Gasteiger partial charge in [0.15, 0.2) is 6.10 Å². The highest BCUT2D eigenvalue weighted by Gasteiger charge is 2.27. The van der Waals surface area contributed by atoms with Gasteiger partial charge in [0.2, 0.25) is 0 Å². The van der Waals surface area contributed by atoms with Gasteiger partial charge in [0.25, 0.3) is 0 Å². The van der Waals surface area contributed by atoms with Gasteiger partial charge in [-0.1, -0.05) is 143 Å². The average molecular weight is 695 g/mol. The summed E-state index contributed by atoms with van der Waals surface area (Å²) in [5.74, 6) is 0.622. The molecule has 3 N–H and O–H groups in total. The molecule has 280 valence electrons. The quantitative estimate of drug-likeness (QED) is 0.0339. The zero-order valence-corrected chi connectivity index (χ0v) is 31.2. The molecule has 0 rings (SSSR count). The van der Waals surface area contributed by atoms with E-state index in [2.05, 4.69) is 32.2 Å². The number of phosphoric ester groups is 1. The van der Waals surface area contributed by atoms with E-state index in [4.69, 9.17) is 19.1 Å². The SMILES string of the molecule is CC(C)CCCCCCCCCCCCCC(=O)O[C@H](COC(=O)CCCCCCCCCC(C)C)COP(=O)(O)OC[C@@H](O)CO. The third-order valence-corrected chi connectivity index (χ3v) is 9.07. The Hall–Kier alpha value is -1.03. The van der Waals surface area contributed by atoms with Crippen LogP contribution in [0.3, 0.4) is 0 Å². The first-order valence-corrected chi connectivity index (χ1v) is 20.2. The van der Waals surface area contributed by atoms with Crippen LogP contribution in [0.15, 0.2) is 0 Å². The van der Waals surface area contributed by atoms with Crippen molar-refractivity contribution in [3.05, 3.63) is 0 Å². The molecule has 0 saturated heterocycles. The normalized spacial score (nSPS) is 14.3. The molecule has 0 fully saturated rings. The lowest BCUT2D eigenvalue weighted by molar-refractivity contribution is -0.161. The number of aliphatic hydroxyl groups excluding tert-OH is 2. The third-order valence-electron chi connectivity index (χ3n) is 8.12. The van der Waals surface area contributed by atoms with Gasteiger partial charge in [-0.25, -0.2) is 4.57 Å². The van der Waals surface area contributed by atoms with Gasteiger partial charge in [-0.15, -0.1) is 0 Å². The van der Waals surface area contributed by atoms with Crippen molar-refractivity contribution in [2.24, 2.45) is 11.8 Å². The number of rotatable bonds is 34. The van der Waals surface area contributed by atoms with Crippen LogP contribution in [0.1, 0.15) is 169 Å². The molecule has 0 aromatic heterocycles. The van der Waals surface area contributed by atoms with Crippen molar-refractivity contribution in [3.8, 4) is 0 Å². The first-order chi connectivity index (χ1) is 22.4. The van der Waals surface area contributed by atoms with Crippen LogP contribution in [0.5, 0.6) is 0 Å². The molecule has 11 heteroatoms. The molecule has 0 aromatic rings. The van der Waals surface area contributed by atoms with Gasteiger partial charge in [0.1, 0.15) is 12.7 Å². The van der Waals surface area contributed by atoms with E-state index in [1.165, 1.54) is 77.0 Å². The second kappa shape index (κ2) is 31.0. The van der Waals surface area contributed by atoms with Crippen LogP contribution in [0.4, 0.5) is 0 Å². The maximum Gasteiger partial charge on any atom is 0.472 e. The summed E-state index contributed by atoms with van der Waals surface area (Å²) in [7, 11) is -4.60. The fraction of sp³-hybridized carbons (Fsp3) is 0.944. The molecule has 47 heavy (non-hydrogen) atoms. The molecule has 0 aromatic carbocycles. The van der Waals surface area contributed by atoms with Crippen LogP contribution in [0, 0.1) is 11.8 Å². The van der Waals surface area contributed by atoms with Crippen LogP contribution in [-0.4, -0.2) is 65.7 Å². The van der Waals surface area contributed by atoms with E-state index in [0.717, 1.165) is 50.4 Å². The Balaban J connectivity index is 4.36. The highest BCUT2D eigenvalue weighted by molar-refractivity contribution is 7.47. The van der Waals surface area contributed by atoms with Crippen molar-refractivity contribution in [3.63, 3.8) is 0 Å². The van der Waals surface area contributed by atoms with Gasteiger partial charge in [-0.3, -0.25) is 18.6 Å². The summed E-state index contributed by atoms with van der Waals surface area (Å²) < 4.78 is 32.5. The lowest BCUT2D eigenvalue weighted by Crippen LogP contribution is -2.29. The standard InChI is InChI=1S/C36H71O10P/c1-31(2)23-19-15-11-8-6-5-7-9-13-18-22-26-36(40)46-34(30-45-47(41,42)44-28-33(38)27-37)29-43-35(39)25-21-17-14-10-12-16-20-24-32(3)4/h31-34,37-38H,5-30H2,1-4H3,(H,41,42)/t33-,34+/m0/s1. The number of esters is 2. The molecule has 0 bridgehead atoms. The summed E-state index contributed by atoms with van der Waals surface area (Å²) in [5, 5.41) is 18.2. The molecule has 0 spiro atoms. The summed E-state index contributed by atoms with van der Waals surface area (Å²) >= 11 is 0. The molecule has 1 unspecified atom stereocenters. The summed E-state index contributed by atoms with van der Waals surface area (Å²) in [4.78, 5) is 34.7. The van der Waals surface area contributed by atoms with Crippen molar-refractivity contribution in [2.75, 3.05) is 26.4 Å². The predicted octanol–water partition coefficient (Wildman–Crippen LogP) is 8.82. The van der Waals surface area contributed by atoms with Crippen LogP contribution in [0.2, 0.25) is 0 Å². The summed E-state index contributed by atoms with van der Waals surface area (Å²) in [6, 6.07) is 0. The molecular weight excluding hydrogens is 623 g/mol. The molecule has 0 aliphatic heterocycles. The number of ether oxygens (including phenoxy) is 2. The van der Waals surface area contributed by atoms with E-state index in [-0.39, 0.29) is 19.4 Å². The molecule has 3 atom stereocenters. The van der Waals surface area contributed by atoms with Crippen molar-refractivity contribution >= 4 is 19.8 Å². The van der Waals surface area contributed by atoms with Crippen molar-refractivity contribution in [2.45, 2.75) is 181 Å². The van der Waals surface area contributed by atoms with E-state index in [1.807, 2.05) is 0 Å². The Morgan fingerprint density at radius 3 is 1.38 bits per heavy atom. The van der Waals surface area contributed by atoms with Crippen molar-refractivity contribution in [1.82, 2.24) is 0 Å². The minimum Gasteiger partial charge on any atom is -0.462 e. The van der Waals surface area contributed by atoms with Crippen LogP contribution in [-0.2, 0) is 32.7 Å². The molecule has 0 aliphatic carbocycles. The largest absolute Gasteiger partial charge is 0.472 e. The number of carbonyl (C=O) groups is 2. The van der Waals surface area contributed by atoms with E-state index in [1.54, 1.807) is 0 Å². The zero-order chi connectivity index (χ0) is 35.2. The Kier molecular flexibility index (Phi) is 30.3. The Morgan fingerprint density at radius 1 is 0.574 bits per heavy atom. The summed E-state index contributed by atoms with van der Waals surface area (Å²) in [6.45, 7) is 6.94. The van der Waals surface area contributed by atoms with Gasteiger partial charge < -0.3 is 24.6 Å². The lowest BCUT2D eigenvalue weighted by atomic mass is 10.0. The number of phosphoric acid groups is 1. The average Bonchev–Trinajstić information content (AvgIpc) is 3.02. The molecule has 0 amide bonds. The van der Waals surface area contributed by atoms with Crippen LogP contribution < -0.4 is 0 Å². The predicted molar refractivity (Wildman–Crippen MR) is 187 cm³/mol.